The number of aromatic nitrogens is 1. The average molecular weight is 374 g/mol. The molecule has 1 heterocycles. The van der Waals surface area contributed by atoms with Gasteiger partial charge in [0.05, 0.1) is 9.99 Å². The number of halogens is 1. The molecule has 0 amide bonds. The Morgan fingerprint density at radius 2 is 1.91 bits per heavy atom. The third-order valence-electron chi connectivity index (χ3n) is 3.37. The number of nitrogens with one attached hydrogen (secondary N) is 1. The van der Waals surface area contributed by atoms with Gasteiger partial charge >= 0.3 is 5.97 Å². The first-order chi connectivity index (χ1) is 11.1. The molecule has 1 aromatic heterocycles. The highest BCUT2D eigenvalue weighted by molar-refractivity contribution is 9.10. The van der Waals surface area contributed by atoms with E-state index in [1.165, 1.54) is 0 Å². The van der Waals surface area contributed by atoms with Crippen LogP contribution in [0, 0.1) is 0 Å². The van der Waals surface area contributed by atoms with Gasteiger partial charge in [0.25, 0.3) is 0 Å². The summed E-state index contributed by atoms with van der Waals surface area (Å²) in [4.78, 5) is 26.0. The second-order valence-electron chi connectivity index (χ2n) is 4.93. The summed E-state index contributed by atoms with van der Waals surface area (Å²) < 4.78 is 6.45. The SMILES string of the molecule is O=C(O)c1cc(=O)c2ccc(Br)c(OCc3ccccc3)c2[nH]1. The number of hydrogen-bond acceptors (Lipinski definition) is 3. The first kappa shape index (κ1) is 15.3. The molecule has 2 aromatic carbocycles. The van der Waals surface area contributed by atoms with Crippen LogP contribution in [-0.4, -0.2) is 16.1 Å². The van der Waals surface area contributed by atoms with Gasteiger partial charge in [-0.3, -0.25) is 4.79 Å². The maximum absolute atomic E-state index is 12.1. The summed E-state index contributed by atoms with van der Waals surface area (Å²) in [5.41, 5.74) is 0.784. The van der Waals surface area contributed by atoms with Gasteiger partial charge in [-0.15, -0.1) is 0 Å². The van der Waals surface area contributed by atoms with Crippen LogP contribution in [0.15, 0.2) is 57.8 Å². The molecule has 3 aromatic rings. The second kappa shape index (κ2) is 6.26. The fourth-order valence-corrected chi connectivity index (χ4v) is 2.70. The van der Waals surface area contributed by atoms with Crippen LogP contribution < -0.4 is 10.2 Å². The number of aromatic carboxylic acids is 1. The molecule has 0 saturated carbocycles. The van der Waals surface area contributed by atoms with Crippen molar-refractivity contribution in [2.45, 2.75) is 6.61 Å². The first-order valence-corrected chi connectivity index (χ1v) is 7.61. The van der Waals surface area contributed by atoms with Crippen LogP contribution in [0.5, 0.6) is 5.75 Å². The lowest BCUT2D eigenvalue weighted by atomic mass is 10.1. The average Bonchev–Trinajstić information content (AvgIpc) is 2.54. The van der Waals surface area contributed by atoms with Crippen LogP contribution in [0.1, 0.15) is 16.1 Å². The summed E-state index contributed by atoms with van der Waals surface area (Å²) >= 11 is 3.38. The van der Waals surface area contributed by atoms with Crippen LogP contribution in [0.4, 0.5) is 0 Å². The number of fused-ring (bicyclic) bond motifs is 1. The van der Waals surface area contributed by atoms with Gasteiger partial charge in [-0.05, 0) is 33.6 Å². The highest BCUT2D eigenvalue weighted by Crippen LogP contribution is 2.32. The summed E-state index contributed by atoms with van der Waals surface area (Å²) in [5, 5.41) is 9.49. The molecule has 116 valence electrons. The van der Waals surface area contributed by atoms with Gasteiger partial charge < -0.3 is 14.8 Å². The molecule has 2 N–H and O–H groups in total. The molecule has 0 spiro atoms. The Morgan fingerprint density at radius 1 is 1.17 bits per heavy atom. The molecule has 23 heavy (non-hydrogen) atoms. The number of benzene rings is 2. The second-order valence-corrected chi connectivity index (χ2v) is 5.78. The van der Waals surface area contributed by atoms with E-state index >= 15 is 0 Å². The van der Waals surface area contributed by atoms with Crippen molar-refractivity contribution in [2.75, 3.05) is 0 Å². The van der Waals surface area contributed by atoms with Gasteiger partial charge in [-0.25, -0.2) is 4.79 Å². The quantitative estimate of drug-likeness (QED) is 0.732. The molecule has 0 unspecified atom stereocenters. The standard InChI is InChI=1S/C17H12BrNO4/c18-12-7-6-11-14(20)8-13(17(21)22)19-15(11)16(12)23-9-10-4-2-1-3-5-10/h1-8H,9H2,(H,19,20)(H,21,22). The lowest BCUT2D eigenvalue weighted by Crippen LogP contribution is -2.10. The van der Waals surface area contributed by atoms with E-state index in [0.29, 0.717) is 27.7 Å². The Balaban J connectivity index is 2.09. The highest BCUT2D eigenvalue weighted by Gasteiger charge is 2.14. The number of carboxylic acid groups (broad SMARTS) is 1. The third-order valence-corrected chi connectivity index (χ3v) is 3.99. The van der Waals surface area contributed by atoms with Crippen LogP contribution >= 0.6 is 15.9 Å². The molecule has 0 radical (unpaired) electrons. The topological polar surface area (TPSA) is 79.4 Å². The van der Waals surface area contributed by atoms with Gasteiger partial charge in [-0.2, -0.15) is 0 Å². The minimum atomic E-state index is -1.20. The van der Waals surface area contributed by atoms with E-state index in [4.69, 9.17) is 9.84 Å². The maximum Gasteiger partial charge on any atom is 0.352 e. The molecular weight excluding hydrogens is 362 g/mol. The smallest absolute Gasteiger partial charge is 0.352 e. The molecule has 3 rings (SSSR count). The monoisotopic (exact) mass is 373 g/mol. The Bertz CT molecular complexity index is 934. The van der Waals surface area contributed by atoms with Crippen molar-refractivity contribution in [1.29, 1.82) is 0 Å². The van der Waals surface area contributed by atoms with Gasteiger partial charge in [0.15, 0.2) is 11.2 Å². The van der Waals surface area contributed by atoms with Crippen molar-refractivity contribution < 1.29 is 14.6 Å². The zero-order valence-corrected chi connectivity index (χ0v) is 13.5. The number of ether oxygens (including phenoxy) is 1. The molecule has 0 saturated heterocycles. The van der Waals surface area contributed by atoms with E-state index in [1.54, 1.807) is 12.1 Å². The molecule has 0 aliphatic rings. The van der Waals surface area contributed by atoms with Gasteiger partial charge in [0, 0.05) is 11.5 Å². The van der Waals surface area contributed by atoms with E-state index in [0.717, 1.165) is 11.6 Å². The van der Waals surface area contributed by atoms with Crippen LogP contribution in [0.3, 0.4) is 0 Å². The van der Waals surface area contributed by atoms with Crippen molar-refractivity contribution in [3.63, 3.8) is 0 Å². The van der Waals surface area contributed by atoms with Crippen LogP contribution in [0.2, 0.25) is 0 Å². The Morgan fingerprint density at radius 3 is 2.61 bits per heavy atom. The van der Waals surface area contributed by atoms with E-state index < -0.39 is 5.97 Å². The van der Waals surface area contributed by atoms with E-state index in [-0.39, 0.29) is 11.1 Å². The van der Waals surface area contributed by atoms with Crippen molar-refractivity contribution in [2.24, 2.45) is 0 Å². The summed E-state index contributed by atoms with van der Waals surface area (Å²) in [6, 6.07) is 14.0. The molecule has 0 aliphatic carbocycles. The predicted molar refractivity (Wildman–Crippen MR) is 90.0 cm³/mol. The van der Waals surface area contributed by atoms with Gasteiger partial charge in [-0.1, -0.05) is 30.3 Å². The molecular formula is C17H12BrNO4. The number of rotatable bonds is 4. The molecule has 5 nitrogen and oxygen atoms in total. The zero-order valence-electron chi connectivity index (χ0n) is 11.9. The fourth-order valence-electron chi connectivity index (χ4n) is 2.25. The van der Waals surface area contributed by atoms with Crippen LogP contribution in [-0.2, 0) is 6.61 Å². The Kier molecular flexibility index (Phi) is 4.16. The zero-order chi connectivity index (χ0) is 16.4. The highest BCUT2D eigenvalue weighted by atomic mass is 79.9. The lowest BCUT2D eigenvalue weighted by molar-refractivity contribution is 0.0691. The molecule has 6 heteroatoms. The van der Waals surface area contributed by atoms with E-state index in [9.17, 15) is 9.59 Å². The minimum Gasteiger partial charge on any atom is -0.486 e. The normalized spacial score (nSPS) is 10.7. The molecule has 0 fully saturated rings. The number of carboxylic acids is 1. The number of pyridine rings is 1. The summed E-state index contributed by atoms with van der Waals surface area (Å²) in [6.45, 7) is 0.303. The minimum absolute atomic E-state index is 0.176. The Labute approximate surface area is 139 Å². The van der Waals surface area contributed by atoms with Gasteiger partial charge in [0.1, 0.15) is 12.3 Å². The Hall–Kier alpha value is -2.60. The largest absolute Gasteiger partial charge is 0.486 e. The molecule has 0 atom stereocenters. The third kappa shape index (κ3) is 3.12. The van der Waals surface area contributed by atoms with Crippen molar-refractivity contribution in [1.82, 2.24) is 4.98 Å². The van der Waals surface area contributed by atoms with Gasteiger partial charge in [0.2, 0.25) is 0 Å². The van der Waals surface area contributed by atoms with E-state index in [2.05, 4.69) is 20.9 Å². The fraction of sp³-hybridized carbons (Fsp3) is 0.0588. The van der Waals surface area contributed by atoms with Crippen LogP contribution in [0.25, 0.3) is 10.9 Å². The molecule has 0 bridgehead atoms. The predicted octanol–water partition coefficient (Wildman–Crippen LogP) is 3.57. The summed E-state index contributed by atoms with van der Waals surface area (Å²) in [6.07, 6.45) is 0. The number of hydrogen-bond donors (Lipinski definition) is 2. The summed E-state index contributed by atoms with van der Waals surface area (Å²) in [5.74, 6) is -0.787. The van der Waals surface area contributed by atoms with E-state index in [1.807, 2.05) is 30.3 Å². The number of aromatic amines is 1. The van der Waals surface area contributed by atoms with Crippen molar-refractivity contribution in [3.05, 3.63) is 74.5 Å². The lowest BCUT2D eigenvalue weighted by Gasteiger charge is -2.12. The van der Waals surface area contributed by atoms with Crippen molar-refractivity contribution >= 4 is 32.8 Å². The maximum atomic E-state index is 12.1. The molecule has 0 aliphatic heterocycles. The summed E-state index contributed by atoms with van der Waals surface area (Å²) in [7, 11) is 0. The number of carbonyl (C=O) groups is 1. The first-order valence-electron chi connectivity index (χ1n) is 6.82. The van der Waals surface area contributed by atoms with Crippen molar-refractivity contribution in [3.8, 4) is 5.75 Å². The number of H-pyrrole nitrogens is 1.